The average molecular weight is 418 g/mol. The molecule has 3 rings (SSSR count). The third-order valence-corrected chi connectivity index (χ3v) is 5.57. The molecule has 1 atom stereocenters. The number of halogens is 6. The molecule has 2 nitrogen and oxygen atoms in total. The second-order valence-electron chi connectivity index (χ2n) is 6.25. The normalized spacial score (nSPS) is 19.5. The molecule has 1 heterocycles. The van der Waals surface area contributed by atoms with Crippen LogP contribution >= 0.6 is 11.8 Å². The van der Waals surface area contributed by atoms with Crippen molar-refractivity contribution in [3.63, 3.8) is 0 Å². The molecule has 0 spiro atoms. The van der Waals surface area contributed by atoms with Crippen molar-refractivity contribution >= 4 is 28.3 Å². The zero-order chi connectivity index (χ0) is 20.5. The monoisotopic (exact) mass is 418 g/mol. The summed E-state index contributed by atoms with van der Waals surface area (Å²) in [5.41, 5.74) is -1.20. The molecule has 0 aliphatic carbocycles. The van der Waals surface area contributed by atoms with E-state index in [1.807, 2.05) is 6.92 Å². The first-order valence-corrected chi connectivity index (χ1v) is 9.33. The number of nitrogens with zero attached hydrogens (tertiary/aromatic N) is 2. The molecule has 1 fully saturated rings. The van der Waals surface area contributed by atoms with E-state index in [0.29, 0.717) is 17.4 Å². The highest BCUT2D eigenvalue weighted by molar-refractivity contribution is 8.15. The molecule has 0 bridgehead atoms. The third-order valence-electron chi connectivity index (χ3n) is 4.23. The summed E-state index contributed by atoms with van der Waals surface area (Å²) >= 11 is 1.35. The molecule has 2 aromatic carbocycles. The second kappa shape index (κ2) is 7.69. The van der Waals surface area contributed by atoms with Gasteiger partial charge in [-0.2, -0.15) is 26.3 Å². The summed E-state index contributed by atoms with van der Waals surface area (Å²) in [7, 11) is 0. The largest absolute Gasteiger partial charge is 0.416 e. The topological polar surface area (TPSA) is 15.6 Å². The quantitative estimate of drug-likeness (QED) is 0.513. The second-order valence-corrected chi connectivity index (χ2v) is 7.52. The van der Waals surface area contributed by atoms with Crippen molar-refractivity contribution in [1.82, 2.24) is 0 Å². The fourth-order valence-corrected chi connectivity index (χ4v) is 3.91. The van der Waals surface area contributed by atoms with Crippen LogP contribution in [-0.4, -0.2) is 17.0 Å². The van der Waals surface area contributed by atoms with Crippen LogP contribution in [0.2, 0.25) is 0 Å². The van der Waals surface area contributed by atoms with Crippen LogP contribution in [0.3, 0.4) is 0 Å². The van der Waals surface area contributed by atoms with Crippen LogP contribution in [0.4, 0.5) is 37.7 Å². The van der Waals surface area contributed by atoms with Gasteiger partial charge < -0.3 is 4.90 Å². The van der Waals surface area contributed by atoms with Gasteiger partial charge in [0.25, 0.3) is 0 Å². The van der Waals surface area contributed by atoms with E-state index in [1.165, 1.54) is 36.0 Å². The van der Waals surface area contributed by atoms with Gasteiger partial charge >= 0.3 is 12.4 Å². The minimum Gasteiger partial charge on any atom is -0.320 e. The lowest BCUT2D eigenvalue weighted by Crippen LogP contribution is -2.25. The number of rotatable bonds is 3. The molecule has 150 valence electrons. The molecule has 28 heavy (non-hydrogen) atoms. The smallest absolute Gasteiger partial charge is 0.320 e. The molecule has 0 aromatic heterocycles. The Balaban J connectivity index is 1.99. The fourth-order valence-electron chi connectivity index (χ4n) is 2.76. The zero-order valence-electron chi connectivity index (χ0n) is 14.7. The molecule has 0 radical (unpaired) electrons. The highest BCUT2D eigenvalue weighted by Crippen LogP contribution is 2.38. The van der Waals surface area contributed by atoms with Gasteiger partial charge in [-0.15, -0.1) is 0 Å². The van der Waals surface area contributed by atoms with Crippen LogP contribution in [0.25, 0.3) is 0 Å². The van der Waals surface area contributed by atoms with E-state index in [2.05, 4.69) is 4.99 Å². The molecule has 0 amide bonds. The average Bonchev–Trinajstić information content (AvgIpc) is 3.03. The summed E-state index contributed by atoms with van der Waals surface area (Å²) in [6, 6.07) is 9.43. The Morgan fingerprint density at radius 3 is 2.18 bits per heavy atom. The Kier molecular flexibility index (Phi) is 5.65. The summed E-state index contributed by atoms with van der Waals surface area (Å²) in [5.74, 6) is 0. The van der Waals surface area contributed by atoms with Crippen LogP contribution in [0, 0.1) is 0 Å². The number of hydrogen-bond acceptors (Lipinski definition) is 2. The molecule has 2 aromatic rings. The molecule has 0 N–H and O–H groups in total. The minimum absolute atomic E-state index is 0.0825. The molecule has 0 saturated carbocycles. The van der Waals surface area contributed by atoms with E-state index in [9.17, 15) is 26.3 Å². The summed E-state index contributed by atoms with van der Waals surface area (Å²) in [4.78, 5) is 5.92. The number of amidine groups is 1. The Bertz CT molecular complexity index is 875. The van der Waals surface area contributed by atoms with Gasteiger partial charge in [0.15, 0.2) is 5.17 Å². The van der Waals surface area contributed by atoms with Gasteiger partial charge in [0.1, 0.15) is 0 Å². The van der Waals surface area contributed by atoms with Crippen LogP contribution in [0.5, 0.6) is 0 Å². The molecular formula is C19H16F6N2S. The summed E-state index contributed by atoms with van der Waals surface area (Å²) in [6.45, 7) is 2.37. The summed E-state index contributed by atoms with van der Waals surface area (Å²) in [6.07, 6.45) is -8.22. The number of hydrogen-bond donors (Lipinski definition) is 0. The maximum Gasteiger partial charge on any atom is 0.416 e. The van der Waals surface area contributed by atoms with Gasteiger partial charge in [-0.1, -0.05) is 30.8 Å². The van der Waals surface area contributed by atoms with Crippen LogP contribution in [0.15, 0.2) is 53.5 Å². The van der Waals surface area contributed by atoms with Crippen molar-refractivity contribution in [2.24, 2.45) is 4.99 Å². The third kappa shape index (κ3) is 4.63. The standard InChI is InChI=1S/C19H16F6N2S/c1-2-16-11-27(15-8-4-6-13(10-15)19(23,24)25)17(28-16)26-14-7-3-5-12(9-14)18(20,21)22/h3-10,16H,2,11H2,1H3. The SMILES string of the molecule is CCC1CN(c2cccc(C(F)(F)F)c2)C(=Nc2cccc(C(F)(F)F)c2)S1. The van der Waals surface area contributed by atoms with Gasteiger partial charge in [0.05, 0.1) is 16.8 Å². The number of benzene rings is 2. The molecule has 9 heteroatoms. The number of thioether (sulfide) groups is 1. The van der Waals surface area contributed by atoms with Crippen molar-refractivity contribution < 1.29 is 26.3 Å². The minimum atomic E-state index is -4.49. The Morgan fingerprint density at radius 1 is 0.964 bits per heavy atom. The van der Waals surface area contributed by atoms with E-state index in [-0.39, 0.29) is 10.9 Å². The molecule has 1 aliphatic heterocycles. The lowest BCUT2D eigenvalue weighted by molar-refractivity contribution is -0.138. The molecule has 1 saturated heterocycles. The highest BCUT2D eigenvalue weighted by Gasteiger charge is 2.34. The lowest BCUT2D eigenvalue weighted by atomic mass is 10.1. The van der Waals surface area contributed by atoms with Crippen molar-refractivity contribution in [2.75, 3.05) is 11.4 Å². The summed E-state index contributed by atoms with van der Waals surface area (Å²) in [5, 5.41) is 0.463. The number of alkyl halides is 6. The van der Waals surface area contributed by atoms with E-state index in [1.54, 1.807) is 4.90 Å². The van der Waals surface area contributed by atoms with Crippen molar-refractivity contribution in [3.8, 4) is 0 Å². The van der Waals surface area contributed by atoms with Gasteiger partial charge in [-0.05, 0) is 42.8 Å². The Morgan fingerprint density at radius 2 is 1.57 bits per heavy atom. The van der Waals surface area contributed by atoms with E-state index in [4.69, 9.17) is 0 Å². The Hall–Kier alpha value is -2.16. The van der Waals surface area contributed by atoms with E-state index in [0.717, 1.165) is 30.7 Å². The van der Waals surface area contributed by atoms with Crippen LogP contribution in [-0.2, 0) is 12.4 Å². The van der Waals surface area contributed by atoms with Gasteiger partial charge in [0, 0.05) is 17.5 Å². The van der Waals surface area contributed by atoms with Crippen LogP contribution in [0.1, 0.15) is 24.5 Å². The van der Waals surface area contributed by atoms with Crippen molar-refractivity contribution in [2.45, 2.75) is 30.9 Å². The van der Waals surface area contributed by atoms with E-state index < -0.39 is 23.5 Å². The maximum atomic E-state index is 13.0. The number of aliphatic imine (C=N–C) groups is 1. The van der Waals surface area contributed by atoms with E-state index >= 15 is 0 Å². The predicted octanol–water partition coefficient (Wildman–Crippen LogP) is 6.74. The van der Waals surface area contributed by atoms with Crippen LogP contribution < -0.4 is 4.90 Å². The highest BCUT2D eigenvalue weighted by atomic mass is 32.2. The predicted molar refractivity (Wildman–Crippen MR) is 99.0 cm³/mol. The van der Waals surface area contributed by atoms with Gasteiger partial charge in [0.2, 0.25) is 0 Å². The number of anilines is 1. The summed E-state index contributed by atoms with van der Waals surface area (Å²) < 4.78 is 77.9. The lowest BCUT2D eigenvalue weighted by Gasteiger charge is -2.20. The first-order valence-electron chi connectivity index (χ1n) is 8.45. The Labute approximate surface area is 162 Å². The first-order chi connectivity index (χ1) is 13.1. The molecule has 1 aliphatic rings. The molecular weight excluding hydrogens is 402 g/mol. The molecule has 1 unspecified atom stereocenters. The first kappa shape index (κ1) is 20.6. The van der Waals surface area contributed by atoms with Gasteiger partial charge in [-0.25, -0.2) is 4.99 Å². The van der Waals surface area contributed by atoms with Gasteiger partial charge in [-0.3, -0.25) is 0 Å². The zero-order valence-corrected chi connectivity index (χ0v) is 15.5. The van der Waals surface area contributed by atoms with Crippen molar-refractivity contribution in [3.05, 3.63) is 59.7 Å². The maximum absolute atomic E-state index is 13.0. The van der Waals surface area contributed by atoms with Crippen molar-refractivity contribution in [1.29, 1.82) is 0 Å². The fraction of sp³-hybridized carbons (Fsp3) is 0.316.